The molecule has 19 heavy (non-hydrogen) atoms. The van der Waals surface area contributed by atoms with Gasteiger partial charge in [0.15, 0.2) is 0 Å². The topological polar surface area (TPSA) is 40.5 Å². The molecule has 1 aromatic carbocycles. The summed E-state index contributed by atoms with van der Waals surface area (Å²) >= 11 is 0. The van der Waals surface area contributed by atoms with Crippen LogP contribution in [-0.4, -0.2) is 22.4 Å². The van der Waals surface area contributed by atoms with Gasteiger partial charge in [0.2, 0.25) is 0 Å². The monoisotopic (exact) mass is 262 g/mol. The van der Waals surface area contributed by atoms with Crippen LogP contribution in [0.2, 0.25) is 0 Å². The maximum absolute atomic E-state index is 13.3. The first kappa shape index (κ1) is 14.0. The Balaban J connectivity index is 1.75. The lowest BCUT2D eigenvalue weighted by atomic mass is 9.98. The second-order valence-corrected chi connectivity index (χ2v) is 5.13. The van der Waals surface area contributed by atoms with Crippen LogP contribution in [0.25, 0.3) is 0 Å². The van der Waals surface area contributed by atoms with Gasteiger partial charge in [0, 0.05) is 6.42 Å². The van der Waals surface area contributed by atoms with Gasteiger partial charge in [-0.25, -0.2) is 4.39 Å². The maximum Gasteiger partial charge on any atom is 0.138 e. The highest BCUT2D eigenvalue weighted by molar-refractivity contribution is 5.34. The Bertz CT molecular complexity index is 475. The molecule has 3 atom stereocenters. The molecule has 1 saturated carbocycles. The van der Waals surface area contributed by atoms with Gasteiger partial charge in [0.1, 0.15) is 5.82 Å². The van der Waals surface area contributed by atoms with E-state index in [0.29, 0.717) is 24.8 Å². The summed E-state index contributed by atoms with van der Waals surface area (Å²) in [4.78, 5) is 0. The molecule has 0 spiro atoms. The Morgan fingerprint density at radius 1 is 1.21 bits per heavy atom. The highest BCUT2D eigenvalue weighted by Crippen LogP contribution is 2.29. The van der Waals surface area contributed by atoms with E-state index in [4.69, 9.17) is 0 Å². The molecule has 0 bridgehead atoms. The Morgan fingerprint density at radius 3 is 2.68 bits per heavy atom. The number of unbranched alkanes of at least 4 members (excludes halogenated alkanes) is 1. The van der Waals surface area contributed by atoms with E-state index in [1.54, 1.807) is 18.2 Å². The quantitative estimate of drug-likeness (QED) is 0.649. The highest BCUT2D eigenvalue weighted by atomic mass is 19.1. The minimum atomic E-state index is -0.380. The van der Waals surface area contributed by atoms with Crippen molar-refractivity contribution in [3.8, 4) is 11.8 Å². The van der Waals surface area contributed by atoms with E-state index in [0.717, 1.165) is 12.8 Å². The van der Waals surface area contributed by atoms with Crippen molar-refractivity contribution in [1.29, 1.82) is 0 Å². The van der Waals surface area contributed by atoms with Crippen LogP contribution in [0.4, 0.5) is 4.39 Å². The zero-order valence-electron chi connectivity index (χ0n) is 10.8. The van der Waals surface area contributed by atoms with E-state index in [-0.39, 0.29) is 23.9 Å². The molecule has 2 rings (SSSR count). The van der Waals surface area contributed by atoms with Gasteiger partial charge in [-0.05, 0) is 43.7 Å². The first-order valence-electron chi connectivity index (χ1n) is 6.76. The van der Waals surface area contributed by atoms with Gasteiger partial charge in [0.05, 0.1) is 17.8 Å². The number of aliphatic hydroxyl groups is 2. The summed E-state index contributed by atoms with van der Waals surface area (Å²) in [6.07, 6.45) is 2.86. The molecule has 0 heterocycles. The summed E-state index contributed by atoms with van der Waals surface area (Å²) in [6.45, 7) is 0. The molecule has 2 N–H and O–H groups in total. The molecule has 0 amide bonds. The van der Waals surface area contributed by atoms with Gasteiger partial charge in [0.25, 0.3) is 0 Å². The second-order valence-electron chi connectivity index (χ2n) is 5.13. The molecule has 0 aliphatic heterocycles. The smallest absolute Gasteiger partial charge is 0.138 e. The number of hydrogen-bond donors (Lipinski definition) is 2. The van der Waals surface area contributed by atoms with Gasteiger partial charge >= 0.3 is 0 Å². The van der Waals surface area contributed by atoms with Gasteiger partial charge in [-0.1, -0.05) is 24.0 Å². The van der Waals surface area contributed by atoms with Crippen molar-refractivity contribution < 1.29 is 14.6 Å². The molecule has 0 radical (unpaired) electrons. The molecule has 0 aromatic heterocycles. The third kappa shape index (κ3) is 4.05. The van der Waals surface area contributed by atoms with Crippen molar-refractivity contribution in [2.24, 2.45) is 5.92 Å². The molecule has 0 unspecified atom stereocenters. The van der Waals surface area contributed by atoms with Crippen LogP contribution in [-0.2, 0) is 0 Å². The van der Waals surface area contributed by atoms with E-state index < -0.39 is 0 Å². The summed E-state index contributed by atoms with van der Waals surface area (Å²) in [5.74, 6) is 5.68. The fourth-order valence-corrected chi connectivity index (χ4v) is 2.56. The zero-order chi connectivity index (χ0) is 13.7. The van der Waals surface area contributed by atoms with Crippen molar-refractivity contribution in [3.63, 3.8) is 0 Å². The van der Waals surface area contributed by atoms with Crippen molar-refractivity contribution in [2.45, 2.75) is 44.3 Å². The molecule has 2 nitrogen and oxygen atoms in total. The molecular formula is C16H19FO2. The van der Waals surface area contributed by atoms with Gasteiger partial charge in [-0.2, -0.15) is 0 Å². The molecule has 0 saturated heterocycles. The third-order valence-corrected chi connectivity index (χ3v) is 3.61. The molecule has 1 aliphatic carbocycles. The lowest BCUT2D eigenvalue weighted by molar-refractivity contribution is 0.116. The van der Waals surface area contributed by atoms with Crippen LogP contribution in [0.1, 0.15) is 37.7 Å². The van der Waals surface area contributed by atoms with E-state index >= 15 is 0 Å². The normalized spacial score (nSPS) is 25.9. The SMILES string of the molecule is O[C@@H]1C[C@@H](CCCC#Cc2ccccc2F)[C@H](O)C1. The van der Waals surface area contributed by atoms with Crippen molar-refractivity contribution in [3.05, 3.63) is 35.6 Å². The standard InChI is InChI=1S/C16H19FO2/c17-15-9-5-4-7-12(15)6-2-1-3-8-13-10-14(18)11-16(13)19/h4-5,7,9,13-14,16,18-19H,1,3,8,10-11H2/t13-,14-,16-/m1/s1. The minimum absolute atomic E-state index is 0.185. The van der Waals surface area contributed by atoms with Crippen molar-refractivity contribution in [2.75, 3.05) is 0 Å². The van der Waals surface area contributed by atoms with Crippen LogP contribution in [0, 0.1) is 23.6 Å². The van der Waals surface area contributed by atoms with Crippen LogP contribution < -0.4 is 0 Å². The first-order valence-corrected chi connectivity index (χ1v) is 6.76. The molecule has 3 heteroatoms. The van der Waals surface area contributed by atoms with Gasteiger partial charge in [-0.15, -0.1) is 0 Å². The largest absolute Gasteiger partial charge is 0.393 e. The summed E-state index contributed by atoms with van der Waals surface area (Å²) in [6, 6.07) is 6.48. The lowest BCUT2D eigenvalue weighted by Crippen LogP contribution is -2.12. The second kappa shape index (κ2) is 6.70. The molecule has 1 aromatic rings. The van der Waals surface area contributed by atoms with Crippen LogP contribution in [0.5, 0.6) is 0 Å². The Labute approximate surface area is 113 Å². The fraction of sp³-hybridized carbons (Fsp3) is 0.500. The Hall–Kier alpha value is -1.37. The van der Waals surface area contributed by atoms with E-state index in [2.05, 4.69) is 11.8 Å². The van der Waals surface area contributed by atoms with Crippen LogP contribution in [0.15, 0.2) is 24.3 Å². The number of aliphatic hydroxyl groups excluding tert-OH is 2. The summed E-state index contributed by atoms with van der Waals surface area (Å²) in [5, 5.41) is 19.1. The van der Waals surface area contributed by atoms with Gasteiger partial charge < -0.3 is 10.2 Å². The third-order valence-electron chi connectivity index (χ3n) is 3.61. The molecular weight excluding hydrogens is 243 g/mol. The first-order chi connectivity index (χ1) is 9.16. The van der Waals surface area contributed by atoms with Crippen molar-refractivity contribution in [1.82, 2.24) is 0 Å². The summed E-state index contributed by atoms with van der Waals surface area (Å²) in [7, 11) is 0. The van der Waals surface area contributed by atoms with E-state index in [1.165, 1.54) is 6.07 Å². The highest BCUT2D eigenvalue weighted by Gasteiger charge is 2.30. The number of rotatable bonds is 3. The predicted molar refractivity (Wildman–Crippen MR) is 71.9 cm³/mol. The van der Waals surface area contributed by atoms with E-state index in [1.807, 2.05) is 0 Å². The Morgan fingerprint density at radius 2 is 2.00 bits per heavy atom. The number of halogens is 1. The predicted octanol–water partition coefficient (Wildman–Crippen LogP) is 2.48. The lowest BCUT2D eigenvalue weighted by Gasteiger charge is -2.12. The average molecular weight is 262 g/mol. The fourth-order valence-electron chi connectivity index (χ4n) is 2.56. The summed E-state index contributed by atoms with van der Waals surface area (Å²) < 4.78 is 13.3. The molecule has 1 fully saturated rings. The van der Waals surface area contributed by atoms with Crippen LogP contribution in [0.3, 0.4) is 0 Å². The summed E-state index contributed by atoms with van der Waals surface area (Å²) in [5.41, 5.74) is 0.429. The van der Waals surface area contributed by atoms with E-state index in [9.17, 15) is 14.6 Å². The molecule has 102 valence electrons. The minimum Gasteiger partial charge on any atom is -0.393 e. The molecule has 1 aliphatic rings. The number of benzene rings is 1. The van der Waals surface area contributed by atoms with Crippen molar-refractivity contribution >= 4 is 0 Å². The number of hydrogen-bond acceptors (Lipinski definition) is 2. The van der Waals surface area contributed by atoms with Gasteiger partial charge in [-0.3, -0.25) is 0 Å². The average Bonchev–Trinajstić information content (AvgIpc) is 2.70. The van der Waals surface area contributed by atoms with Crippen LogP contribution >= 0.6 is 0 Å². The maximum atomic E-state index is 13.3. The Kier molecular flexibility index (Phi) is 4.95. The zero-order valence-corrected chi connectivity index (χ0v) is 10.8.